The molecule has 20 heavy (non-hydrogen) atoms. The lowest BCUT2D eigenvalue weighted by molar-refractivity contribution is 0.626. The van der Waals surface area contributed by atoms with Gasteiger partial charge in [-0.05, 0) is 29.3 Å². The molecule has 0 saturated carbocycles. The molecule has 2 aromatic carbocycles. The Hall–Kier alpha value is -2.07. The number of rotatable bonds is 2. The van der Waals surface area contributed by atoms with Gasteiger partial charge in [0.1, 0.15) is 5.82 Å². The van der Waals surface area contributed by atoms with Crippen molar-refractivity contribution in [3.05, 3.63) is 77.6 Å². The van der Waals surface area contributed by atoms with Gasteiger partial charge >= 0.3 is 0 Å². The van der Waals surface area contributed by atoms with E-state index in [9.17, 15) is 4.39 Å². The third-order valence-corrected chi connectivity index (χ3v) is 3.97. The first-order valence-electron chi connectivity index (χ1n) is 6.26. The Labute approximate surface area is 121 Å². The maximum absolute atomic E-state index is 13.0. The van der Waals surface area contributed by atoms with E-state index >= 15 is 0 Å². The molecule has 0 aromatic heterocycles. The minimum absolute atomic E-state index is 0.160. The van der Waals surface area contributed by atoms with Crippen LogP contribution in [0.4, 0.5) is 4.39 Å². The Morgan fingerprint density at radius 3 is 2.40 bits per heavy atom. The smallest absolute Gasteiger partial charge is 0.159 e. The van der Waals surface area contributed by atoms with Crippen molar-refractivity contribution in [2.24, 2.45) is 10.7 Å². The monoisotopic (exact) mass is 284 g/mol. The summed E-state index contributed by atoms with van der Waals surface area (Å²) in [6.07, 6.45) is 2.06. The average Bonchev–Trinajstić information content (AvgIpc) is 2.48. The molecule has 0 radical (unpaired) electrons. The zero-order chi connectivity index (χ0) is 13.9. The lowest BCUT2D eigenvalue weighted by Crippen LogP contribution is -2.12. The van der Waals surface area contributed by atoms with Crippen LogP contribution in [0.3, 0.4) is 0 Å². The molecule has 1 aliphatic heterocycles. The Bertz CT molecular complexity index is 663. The van der Waals surface area contributed by atoms with Gasteiger partial charge in [0.15, 0.2) is 5.17 Å². The zero-order valence-corrected chi connectivity index (χ0v) is 11.5. The zero-order valence-electron chi connectivity index (χ0n) is 10.7. The van der Waals surface area contributed by atoms with E-state index in [0.29, 0.717) is 5.17 Å². The van der Waals surface area contributed by atoms with Crippen molar-refractivity contribution in [1.82, 2.24) is 0 Å². The van der Waals surface area contributed by atoms with Gasteiger partial charge < -0.3 is 5.73 Å². The van der Waals surface area contributed by atoms with E-state index in [4.69, 9.17) is 5.73 Å². The van der Waals surface area contributed by atoms with Gasteiger partial charge in [-0.15, -0.1) is 0 Å². The Morgan fingerprint density at radius 1 is 1.00 bits per heavy atom. The molecule has 100 valence electrons. The number of hydrogen-bond donors (Lipinski definition) is 1. The molecule has 1 aliphatic rings. The predicted molar refractivity (Wildman–Crippen MR) is 82.8 cm³/mol. The van der Waals surface area contributed by atoms with Gasteiger partial charge in [-0.25, -0.2) is 4.39 Å². The Kier molecular flexibility index (Phi) is 3.56. The number of nitrogens with zero attached hydrogens (tertiary/aromatic N) is 1. The van der Waals surface area contributed by atoms with Crippen LogP contribution in [0, 0.1) is 5.82 Å². The number of nitrogens with two attached hydrogens (primary N) is 1. The second-order valence-corrected chi connectivity index (χ2v) is 5.52. The van der Waals surface area contributed by atoms with Crippen LogP contribution in [0.25, 0.3) is 4.91 Å². The predicted octanol–water partition coefficient (Wildman–Crippen LogP) is 3.97. The molecule has 2 N–H and O–H groups in total. The molecule has 3 rings (SSSR count). The van der Waals surface area contributed by atoms with E-state index in [0.717, 1.165) is 16.0 Å². The van der Waals surface area contributed by atoms with Crippen molar-refractivity contribution in [2.75, 3.05) is 0 Å². The van der Waals surface area contributed by atoms with Crippen molar-refractivity contribution in [2.45, 2.75) is 6.04 Å². The molecular formula is C16H13FN2S. The molecule has 1 unspecified atom stereocenters. The Balaban J connectivity index is 1.96. The molecule has 0 amide bonds. The summed E-state index contributed by atoms with van der Waals surface area (Å²) in [5.41, 5.74) is 7.96. The van der Waals surface area contributed by atoms with Crippen molar-refractivity contribution in [3.8, 4) is 0 Å². The molecule has 0 aliphatic carbocycles. The molecule has 0 spiro atoms. The summed E-state index contributed by atoms with van der Waals surface area (Å²) in [6.45, 7) is 0. The SMILES string of the molecule is NC1=NC(c2ccc(F)cc2)C=C(c2ccccc2)S1. The molecule has 1 atom stereocenters. The van der Waals surface area contributed by atoms with E-state index in [1.807, 2.05) is 30.3 Å². The average molecular weight is 284 g/mol. The second kappa shape index (κ2) is 5.51. The standard InChI is InChI=1S/C16H13FN2S/c17-13-8-6-11(7-9-13)14-10-15(20-16(18)19-14)12-4-2-1-3-5-12/h1-10,14H,(H2,18,19). The third kappa shape index (κ3) is 2.75. The summed E-state index contributed by atoms with van der Waals surface area (Å²) >= 11 is 1.46. The van der Waals surface area contributed by atoms with Gasteiger partial charge in [-0.3, -0.25) is 4.99 Å². The Morgan fingerprint density at radius 2 is 1.70 bits per heavy atom. The number of amidine groups is 1. The molecule has 4 heteroatoms. The van der Waals surface area contributed by atoms with Crippen LogP contribution in [-0.2, 0) is 0 Å². The van der Waals surface area contributed by atoms with Gasteiger partial charge in [0.2, 0.25) is 0 Å². The van der Waals surface area contributed by atoms with E-state index in [1.165, 1.54) is 23.9 Å². The first kappa shape index (κ1) is 12.9. The topological polar surface area (TPSA) is 38.4 Å². The first-order chi connectivity index (χ1) is 9.72. The van der Waals surface area contributed by atoms with Crippen LogP contribution in [-0.4, -0.2) is 5.17 Å². The molecule has 0 bridgehead atoms. The fraction of sp³-hybridized carbons (Fsp3) is 0.0625. The lowest BCUT2D eigenvalue weighted by Gasteiger charge is -2.18. The van der Waals surface area contributed by atoms with Crippen LogP contribution < -0.4 is 5.73 Å². The van der Waals surface area contributed by atoms with E-state index in [1.54, 1.807) is 12.1 Å². The highest BCUT2D eigenvalue weighted by Crippen LogP contribution is 2.36. The fourth-order valence-electron chi connectivity index (χ4n) is 2.08. The van der Waals surface area contributed by atoms with E-state index in [-0.39, 0.29) is 11.9 Å². The van der Waals surface area contributed by atoms with Gasteiger partial charge in [-0.1, -0.05) is 54.2 Å². The molecule has 2 nitrogen and oxygen atoms in total. The van der Waals surface area contributed by atoms with Crippen LogP contribution in [0.1, 0.15) is 17.2 Å². The molecule has 0 saturated heterocycles. The van der Waals surface area contributed by atoms with Gasteiger partial charge in [-0.2, -0.15) is 0 Å². The molecule has 1 heterocycles. The lowest BCUT2D eigenvalue weighted by atomic mass is 10.1. The van der Waals surface area contributed by atoms with E-state index in [2.05, 4.69) is 11.1 Å². The summed E-state index contributed by atoms with van der Waals surface area (Å²) in [4.78, 5) is 5.49. The summed E-state index contributed by atoms with van der Waals surface area (Å²) in [5.74, 6) is -0.247. The number of thioether (sulfide) groups is 1. The highest BCUT2D eigenvalue weighted by molar-refractivity contribution is 8.21. The fourth-order valence-corrected chi connectivity index (χ4v) is 2.92. The maximum atomic E-state index is 13.0. The van der Waals surface area contributed by atoms with E-state index < -0.39 is 0 Å². The molecule has 0 fully saturated rings. The van der Waals surface area contributed by atoms with Crippen LogP contribution in [0.15, 0.2) is 65.7 Å². The number of aliphatic imine (C=N–C) groups is 1. The van der Waals surface area contributed by atoms with Crippen molar-refractivity contribution in [3.63, 3.8) is 0 Å². The minimum atomic E-state index is -0.247. The van der Waals surface area contributed by atoms with Crippen molar-refractivity contribution >= 4 is 21.8 Å². The van der Waals surface area contributed by atoms with Crippen LogP contribution in [0.5, 0.6) is 0 Å². The van der Waals surface area contributed by atoms with Gasteiger partial charge in [0, 0.05) is 4.91 Å². The summed E-state index contributed by atoms with van der Waals surface area (Å²) in [5, 5.41) is 0.528. The maximum Gasteiger partial charge on any atom is 0.159 e. The van der Waals surface area contributed by atoms with Gasteiger partial charge in [0.05, 0.1) is 6.04 Å². The first-order valence-corrected chi connectivity index (χ1v) is 7.08. The minimum Gasteiger partial charge on any atom is -0.378 e. The van der Waals surface area contributed by atoms with Crippen LogP contribution in [0.2, 0.25) is 0 Å². The summed E-state index contributed by atoms with van der Waals surface area (Å²) < 4.78 is 13.0. The summed E-state index contributed by atoms with van der Waals surface area (Å²) in [6, 6.07) is 16.3. The van der Waals surface area contributed by atoms with Crippen molar-refractivity contribution < 1.29 is 4.39 Å². The number of hydrogen-bond acceptors (Lipinski definition) is 3. The highest BCUT2D eigenvalue weighted by Gasteiger charge is 2.17. The largest absolute Gasteiger partial charge is 0.378 e. The number of benzene rings is 2. The summed E-state index contributed by atoms with van der Waals surface area (Å²) in [7, 11) is 0. The number of halogens is 1. The normalized spacial score (nSPS) is 18.4. The quantitative estimate of drug-likeness (QED) is 0.906. The van der Waals surface area contributed by atoms with Crippen molar-refractivity contribution in [1.29, 1.82) is 0 Å². The highest BCUT2D eigenvalue weighted by atomic mass is 32.2. The third-order valence-electron chi connectivity index (χ3n) is 3.06. The molecular weight excluding hydrogens is 271 g/mol. The molecule has 2 aromatic rings. The van der Waals surface area contributed by atoms with Crippen LogP contribution >= 0.6 is 11.8 Å². The second-order valence-electron chi connectivity index (χ2n) is 4.46. The van der Waals surface area contributed by atoms with Gasteiger partial charge in [0.25, 0.3) is 0 Å².